The smallest absolute Gasteiger partial charge is 0.272 e. The second kappa shape index (κ2) is 5.42. The van der Waals surface area contributed by atoms with Crippen molar-refractivity contribution in [2.24, 2.45) is 0 Å². The predicted octanol–water partition coefficient (Wildman–Crippen LogP) is 2.98. The number of anilines is 1. The van der Waals surface area contributed by atoms with E-state index in [-0.39, 0.29) is 5.91 Å². The average Bonchev–Trinajstić information content (AvgIpc) is 3.25. The molecule has 0 unspecified atom stereocenters. The molecule has 2 N–H and O–H groups in total. The van der Waals surface area contributed by atoms with Crippen LogP contribution in [0.15, 0.2) is 67.3 Å². The van der Waals surface area contributed by atoms with Crippen LogP contribution in [0, 0.1) is 0 Å². The summed E-state index contributed by atoms with van der Waals surface area (Å²) in [6, 6.07) is 12.9. The van der Waals surface area contributed by atoms with Crippen LogP contribution >= 0.6 is 0 Å². The lowest BCUT2D eigenvalue weighted by Gasteiger charge is -2.04. The molecule has 0 aliphatic heterocycles. The van der Waals surface area contributed by atoms with E-state index >= 15 is 0 Å². The topological polar surface area (TPSA) is 75.1 Å². The van der Waals surface area contributed by atoms with E-state index in [0.29, 0.717) is 11.5 Å². The van der Waals surface area contributed by atoms with Crippen molar-refractivity contribution in [3.05, 3.63) is 72.9 Å². The summed E-state index contributed by atoms with van der Waals surface area (Å²) in [7, 11) is 0. The summed E-state index contributed by atoms with van der Waals surface area (Å²) >= 11 is 0. The molecular weight excluding hydrogens is 290 g/mol. The molecule has 0 aliphatic rings. The lowest BCUT2D eigenvalue weighted by molar-refractivity contribution is 0.102. The molecule has 4 rings (SSSR count). The maximum atomic E-state index is 12.0. The maximum absolute atomic E-state index is 12.0. The first-order valence-corrected chi connectivity index (χ1v) is 7.14. The summed E-state index contributed by atoms with van der Waals surface area (Å²) in [5.74, 6) is 0.492. The van der Waals surface area contributed by atoms with Crippen molar-refractivity contribution in [1.29, 1.82) is 0 Å². The minimum absolute atomic E-state index is 0.167. The molecule has 0 saturated heterocycles. The number of aromatic amines is 1. The van der Waals surface area contributed by atoms with Gasteiger partial charge in [0.25, 0.3) is 5.91 Å². The van der Waals surface area contributed by atoms with Crippen LogP contribution in [0.4, 0.5) is 5.69 Å². The molecule has 0 spiro atoms. The Balaban J connectivity index is 1.57. The molecule has 0 atom stereocenters. The zero-order valence-electron chi connectivity index (χ0n) is 12.1. The van der Waals surface area contributed by atoms with Crippen molar-refractivity contribution in [2.45, 2.75) is 0 Å². The van der Waals surface area contributed by atoms with E-state index in [4.69, 9.17) is 0 Å². The molecule has 112 valence electrons. The van der Waals surface area contributed by atoms with Crippen molar-refractivity contribution in [3.63, 3.8) is 0 Å². The van der Waals surface area contributed by atoms with Gasteiger partial charge in [0, 0.05) is 36.0 Å². The number of imidazole rings is 1. The van der Waals surface area contributed by atoms with E-state index in [9.17, 15) is 4.79 Å². The number of fused-ring (bicyclic) bond motifs is 1. The molecule has 0 saturated carbocycles. The van der Waals surface area contributed by atoms with Gasteiger partial charge in [-0.05, 0) is 30.3 Å². The highest BCUT2D eigenvalue weighted by Crippen LogP contribution is 2.21. The molecule has 0 radical (unpaired) electrons. The highest BCUT2D eigenvalue weighted by molar-refractivity contribution is 6.03. The van der Waals surface area contributed by atoms with E-state index in [1.165, 1.54) is 0 Å². The Morgan fingerprint density at radius 1 is 1.13 bits per heavy atom. The van der Waals surface area contributed by atoms with Crippen molar-refractivity contribution in [2.75, 3.05) is 5.32 Å². The Hall–Kier alpha value is -3.41. The fourth-order valence-electron chi connectivity index (χ4n) is 2.36. The van der Waals surface area contributed by atoms with Gasteiger partial charge >= 0.3 is 0 Å². The van der Waals surface area contributed by atoms with Gasteiger partial charge in [0.2, 0.25) is 5.78 Å². The molecule has 0 bridgehead atoms. The predicted molar refractivity (Wildman–Crippen MR) is 87.2 cm³/mol. The summed E-state index contributed by atoms with van der Waals surface area (Å²) in [4.78, 5) is 23.5. The standard InChI is InChI=1S/C17H13N5O/c23-16(14-3-1-8-18-14)20-13-6-4-12(5-7-13)15-11-22-10-2-9-19-17(22)21-15/h1-11,18H,(H,20,23). The van der Waals surface area contributed by atoms with Crippen LogP contribution in [0.5, 0.6) is 0 Å². The molecule has 1 aromatic carbocycles. The summed E-state index contributed by atoms with van der Waals surface area (Å²) in [5, 5.41) is 2.84. The van der Waals surface area contributed by atoms with Gasteiger partial charge < -0.3 is 10.3 Å². The van der Waals surface area contributed by atoms with Crippen LogP contribution in [0.3, 0.4) is 0 Å². The fourth-order valence-corrected chi connectivity index (χ4v) is 2.36. The Bertz CT molecular complexity index is 921. The average molecular weight is 303 g/mol. The minimum Gasteiger partial charge on any atom is -0.357 e. The molecule has 3 heterocycles. The third-order valence-electron chi connectivity index (χ3n) is 3.52. The molecule has 0 fully saturated rings. The van der Waals surface area contributed by atoms with Gasteiger partial charge in [-0.1, -0.05) is 12.1 Å². The van der Waals surface area contributed by atoms with Gasteiger partial charge in [0.15, 0.2) is 0 Å². The van der Waals surface area contributed by atoms with Gasteiger partial charge in [-0.15, -0.1) is 0 Å². The molecule has 3 aromatic heterocycles. The highest BCUT2D eigenvalue weighted by Gasteiger charge is 2.08. The van der Waals surface area contributed by atoms with Crippen LogP contribution < -0.4 is 5.32 Å². The van der Waals surface area contributed by atoms with Gasteiger partial charge in [-0.2, -0.15) is 0 Å². The first-order chi connectivity index (χ1) is 11.3. The second-order valence-corrected chi connectivity index (χ2v) is 5.07. The molecular formula is C17H13N5O. The molecule has 1 amide bonds. The minimum atomic E-state index is -0.167. The number of carbonyl (C=O) groups is 1. The first kappa shape index (κ1) is 13.3. The van der Waals surface area contributed by atoms with Gasteiger partial charge in [0.1, 0.15) is 5.69 Å². The summed E-state index contributed by atoms with van der Waals surface area (Å²) in [5.41, 5.74) is 3.06. The number of amides is 1. The monoisotopic (exact) mass is 303 g/mol. The highest BCUT2D eigenvalue weighted by atomic mass is 16.1. The Morgan fingerprint density at radius 2 is 2.00 bits per heavy atom. The number of hydrogen-bond donors (Lipinski definition) is 2. The maximum Gasteiger partial charge on any atom is 0.272 e. The van der Waals surface area contributed by atoms with Crippen LogP contribution in [0.2, 0.25) is 0 Å². The number of nitrogens with zero attached hydrogens (tertiary/aromatic N) is 3. The third-order valence-corrected chi connectivity index (χ3v) is 3.52. The van der Waals surface area contributed by atoms with E-state index < -0.39 is 0 Å². The number of aromatic nitrogens is 4. The van der Waals surface area contributed by atoms with Crippen molar-refractivity contribution in [1.82, 2.24) is 19.4 Å². The van der Waals surface area contributed by atoms with Gasteiger partial charge in [-0.3, -0.25) is 9.20 Å². The second-order valence-electron chi connectivity index (χ2n) is 5.07. The number of benzene rings is 1. The van der Waals surface area contributed by atoms with Crippen LogP contribution in [-0.4, -0.2) is 25.3 Å². The van der Waals surface area contributed by atoms with Crippen LogP contribution in [0.1, 0.15) is 10.5 Å². The van der Waals surface area contributed by atoms with E-state index in [0.717, 1.165) is 16.9 Å². The van der Waals surface area contributed by atoms with Crippen molar-refractivity contribution < 1.29 is 4.79 Å². The fraction of sp³-hybridized carbons (Fsp3) is 0. The lowest BCUT2D eigenvalue weighted by atomic mass is 10.1. The summed E-state index contributed by atoms with van der Waals surface area (Å²) in [6.07, 6.45) is 7.26. The third kappa shape index (κ3) is 2.57. The SMILES string of the molecule is O=C(Nc1ccc(-c2cn3cccnc3n2)cc1)c1ccc[nH]1. The summed E-state index contributed by atoms with van der Waals surface area (Å²) < 4.78 is 1.87. The normalized spacial score (nSPS) is 10.8. The zero-order valence-corrected chi connectivity index (χ0v) is 12.1. The molecule has 6 nitrogen and oxygen atoms in total. The zero-order chi connectivity index (χ0) is 15.6. The molecule has 0 aliphatic carbocycles. The van der Waals surface area contributed by atoms with Crippen molar-refractivity contribution in [3.8, 4) is 11.3 Å². The van der Waals surface area contributed by atoms with E-state index in [2.05, 4.69) is 20.3 Å². The van der Waals surface area contributed by atoms with Crippen LogP contribution in [-0.2, 0) is 0 Å². The van der Waals surface area contributed by atoms with E-state index in [1.54, 1.807) is 24.5 Å². The van der Waals surface area contributed by atoms with Crippen LogP contribution in [0.25, 0.3) is 17.0 Å². The Kier molecular flexibility index (Phi) is 3.12. The van der Waals surface area contributed by atoms with Gasteiger partial charge in [-0.25, -0.2) is 9.97 Å². The van der Waals surface area contributed by atoms with Gasteiger partial charge in [0.05, 0.1) is 5.69 Å². The summed E-state index contributed by atoms with van der Waals surface area (Å²) in [6.45, 7) is 0. The number of hydrogen-bond acceptors (Lipinski definition) is 3. The number of carbonyl (C=O) groups excluding carboxylic acids is 1. The number of rotatable bonds is 3. The molecule has 23 heavy (non-hydrogen) atoms. The van der Waals surface area contributed by atoms with E-state index in [1.807, 2.05) is 47.1 Å². The first-order valence-electron chi connectivity index (χ1n) is 7.14. The van der Waals surface area contributed by atoms with Crippen molar-refractivity contribution >= 4 is 17.4 Å². The lowest BCUT2D eigenvalue weighted by Crippen LogP contribution is -2.11. The quantitative estimate of drug-likeness (QED) is 0.611. The number of nitrogens with one attached hydrogen (secondary N) is 2. The largest absolute Gasteiger partial charge is 0.357 e. The number of H-pyrrole nitrogens is 1. The molecule has 4 aromatic rings. The molecule has 6 heteroatoms. The Labute approximate surface area is 131 Å². The Morgan fingerprint density at radius 3 is 2.74 bits per heavy atom.